The zero-order valence-electron chi connectivity index (χ0n) is 21.8. The minimum absolute atomic E-state index is 0.588. The van der Waals surface area contributed by atoms with Crippen LogP contribution in [0.5, 0.6) is 0 Å². The molecule has 192 valence electrons. The van der Waals surface area contributed by atoms with E-state index in [0.29, 0.717) is 5.69 Å². The number of hydrogen-bond donors (Lipinski definition) is 2. The van der Waals surface area contributed by atoms with Crippen molar-refractivity contribution in [2.24, 2.45) is 5.84 Å². The van der Waals surface area contributed by atoms with Crippen molar-refractivity contribution >= 4 is 38.9 Å². The molecule has 0 atom stereocenters. The maximum absolute atomic E-state index is 6.68. The standard InChI is InChI=1S/C35H27N5/c36-30-23-33-29(22-34(30)40(37)27-16-8-3-9-17-27)28-18-10-11-19-32(28)39(33)35-21-26(24-12-4-1-5-13-24)20-31(38-35)25-14-6-2-7-15-25/h1-23H,36-37H2. The highest BCUT2D eigenvalue weighted by molar-refractivity contribution is 6.12. The average molecular weight is 518 g/mol. The van der Waals surface area contributed by atoms with Crippen molar-refractivity contribution < 1.29 is 0 Å². The molecule has 2 aromatic heterocycles. The molecular weight excluding hydrogens is 490 g/mol. The zero-order valence-corrected chi connectivity index (χ0v) is 21.8. The van der Waals surface area contributed by atoms with Gasteiger partial charge in [-0.3, -0.25) is 9.58 Å². The molecule has 40 heavy (non-hydrogen) atoms. The molecule has 5 heteroatoms. The normalized spacial score (nSPS) is 11.2. The summed E-state index contributed by atoms with van der Waals surface area (Å²) in [7, 11) is 0. The fraction of sp³-hybridized carbons (Fsp3) is 0. The third kappa shape index (κ3) is 4.06. The Labute approximate surface area is 232 Å². The van der Waals surface area contributed by atoms with Gasteiger partial charge in [0.15, 0.2) is 0 Å². The summed E-state index contributed by atoms with van der Waals surface area (Å²) in [6.07, 6.45) is 0. The van der Waals surface area contributed by atoms with Crippen LogP contribution in [0.2, 0.25) is 0 Å². The van der Waals surface area contributed by atoms with Crippen molar-refractivity contribution in [1.82, 2.24) is 9.55 Å². The summed E-state index contributed by atoms with van der Waals surface area (Å²) >= 11 is 0. The first-order valence-electron chi connectivity index (χ1n) is 13.2. The van der Waals surface area contributed by atoms with Crippen molar-refractivity contribution in [3.05, 3.63) is 140 Å². The lowest BCUT2D eigenvalue weighted by Gasteiger charge is -2.21. The Bertz CT molecular complexity index is 1900. The summed E-state index contributed by atoms with van der Waals surface area (Å²) in [5.41, 5.74) is 15.1. The summed E-state index contributed by atoms with van der Waals surface area (Å²) in [6.45, 7) is 0. The van der Waals surface area contributed by atoms with Crippen LogP contribution in [-0.4, -0.2) is 9.55 Å². The van der Waals surface area contributed by atoms with E-state index < -0.39 is 0 Å². The van der Waals surface area contributed by atoms with Crippen LogP contribution in [0.3, 0.4) is 0 Å². The molecule has 0 fully saturated rings. The van der Waals surface area contributed by atoms with Crippen LogP contribution in [-0.2, 0) is 0 Å². The molecule has 4 N–H and O–H groups in total. The van der Waals surface area contributed by atoms with Crippen LogP contribution < -0.4 is 16.6 Å². The first kappa shape index (κ1) is 23.7. The molecule has 7 aromatic rings. The van der Waals surface area contributed by atoms with E-state index in [9.17, 15) is 0 Å². The predicted molar refractivity (Wildman–Crippen MR) is 167 cm³/mol. The largest absolute Gasteiger partial charge is 0.397 e. The van der Waals surface area contributed by atoms with E-state index in [1.54, 1.807) is 5.01 Å². The Hall–Kier alpha value is -5.39. The second kappa shape index (κ2) is 9.73. The SMILES string of the molecule is Nc1cc2c(cc1N(N)c1ccccc1)c1ccccc1n2-c1cc(-c2ccccc2)cc(-c2ccccc2)n1. The molecule has 5 aromatic carbocycles. The maximum Gasteiger partial charge on any atom is 0.138 e. The number of pyridine rings is 1. The number of nitrogen functional groups attached to an aromatic ring is 1. The molecule has 0 amide bonds. The van der Waals surface area contributed by atoms with Crippen molar-refractivity contribution in [3.63, 3.8) is 0 Å². The summed E-state index contributed by atoms with van der Waals surface area (Å²) in [4.78, 5) is 5.19. The molecule has 0 bridgehead atoms. The number of rotatable bonds is 5. The highest BCUT2D eigenvalue weighted by atomic mass is 15.4. The quantitative estimate of drug-likeness (QED) is 0.137. The van der Waals surface area contributed by atoms with Gasteiger partial charge in [0.05, 0.1) is 33.8 Å². The number of para-hydroxylation sites is 2. The highest BCUT2D eigenvalue weighted by Crippen LogP contribution is 2.39. The van der Waals surface area contributed by atoms with E-state index in [2.05, 4.69) is 83.4 Å². The molecule has 0 aliphatic rings. The summed E-state index contributed by atoms with van der Waals surface area (Å²) in [5, 5.41) is 3.80. The number of hydrogen-bond acceptors (Lipinski definition) is 4. The molecule has 0 radical (unpaired) electrons. The van der Waals surface area contributed by atoms with Crippen LogP contribution >= 0.6 is 0 Å². The summed E-state index contributed by atoms with van der Waals surface area (Å²) < 4.78 is 2.20. The second-order valence-corrected chi connectivity index (χ2v) is 9.82. The number of aromatic nitrogens is 2. The first-order chi connectivity index (χ1) is 19.7. The lowest BCUT2D eigenvalue weighted by atomic mass is 10.0. The molecule has 0 aliphatic carbocycles. The maximum atomic E-state index is 6.68. The van der Waals surface area contributed by atoms with Gasteiger partial charge in [-0.2, -0.15) is 0 Å². The topological polar surface area (TPSA) is 73.1 Å². The van der Waals surface area contributed by atoms with E-state index in [4.69, 9.17) is 16.6 Å². The van der Waals surface area contributed by atoms with Crippen molar-refractivity contribution in [3.8, 4) is 28.2 Å². The van der Waals surface area contributed by atoms with Crippen LogP contribution in [0, 0.1) is 0 Å². The van der Waals surface area contributed by atoms with Crippen molar-refractivity contribution in [1.29, 1.82) is 0 Å². The predicted octanol–water partition coefficient (Wildman–Crippen LogP) is 8.11. The van der Waals surface area contributed by atoms with Crippen LogP contribution in [0.25, 0.3) is 50.0 Å². The lowest BCUT2D eigenvalue weighted by molar-refractivity contribution is 1.08. The van der Waals surface area contributed by atoms with Gasteiger partial charge in [-0.25, -0.2) is 10.8 Å². The van der Waals surface area contributed by atoms with Gasteiger partial charge < -0.3 is 5.73 Å². The Morgan fingerprint density at radius 1 is 0.550 bits per heavy atom. The van der Waals surface area contributed by atoms with Crippen molar-refractivity contribution in [2.75, 3.05) is 10.7 Å². The van der Waals surface area contributed by atoms with Gasteiger partial charge >= 0.3 is 0 Å². The fourth-order valence-electron chi connectivity index (χ4n) is 5.39. The third-order valence-corrected chi connectivity index (χ3v) is 7.33. The van der Waals surface area contributed by atoms with Crippen LogP contribution in [0.4, 0.5) is 17.1 Å². The minimum Gasteiger partial charge on any atom is -0.397 e. The lowest BCUT2D eigenvalue weighted by Crippen LogP contribution is -2.25. The molecule has 0 spiro atoms. The van der Waals surface area contributed by atoms with Crippen LogP contribution in [0.15, 0.2) is 140 Å². The van der Waals surface area contributed by atoms with Gasteiger partial charge in [0, 0.05) is 16.3 Å². The molecule has 5 nitrogen and oxygen atoms in total. The van der Waals surface area contributed by atoms with E-state index in [-0.39, 0.29) is 0 Å². The monoisotopic (exact) mass is 517 g/mol. The smallest absolute Gasteiger partial charge is 0.138 e. The molecule has 2 heterocycles. The van der Waals surface area contributed by atoms with E-state index in [1.807, 2.05) is 60.7 Å². The molecule has 0 unspecified atom stereocenters. The van der Waals surface area contributed by atoms with E-state index >= 15 is 0 Å². The van der Waals surface area contributed by atoms with Gasteiger partial charge in [-0.15, -0.1) is 0 Å². The second-order valence-electron chi connectivity index (χ2n) is 9.82. The number of nitrogens with two attached hydrogens (primary N) is 2. The Balaban J connectivity index is 1.50. The van der Waals surface area contributed by atoms with Gasteiger partial charge in [-0.05, 0) is 53.6 Å². The highest BCUT2D eigenvalue weighted by Gasteiger charge is 2.19. The Morgan fingerprint density at radius 3 is 1.90 bits per heavy atom. The fourth-order valence-corrected chi connectivity index (χ4v) is 5.39. The van der Waals surface area contributed by atoms with Gasteiger partial charge in [0.25, 0.3) is 0 Å². The van der Waals surface area contributed by atoms with E-state index in [0.717, 1.165) is 61.4 Å². The summed E-state index contributed by atoms with van der Waals surface area (Å²) in [6, 6.07) is 47.3. The molecule has 7 rings (SSSR count). The average Bonchev–Trinajstić information content (AvgIpc) is 3.34. The van der Waals surface area contributed by atoms with Crippen LogP contribution in [0.1, 0.15) is 0 Å². The zero-order chi connectivity index (χ0) is 27.1. The Kier molecular flexibility index (Phi) is 5.77. The molecule has 0 aliphatic heterocycles. The number of benzene rings is 5. The minimum atomic E-state index is 0.588. The van der Waals surface area contributed by atoms with Gasteiger partial charge in [-0.1, -0.05) is 97.1 Å². The van der Waals surface area contributed by atoms with Gasteiger partial charge in [0.2, 0.25) is 0 Å². The third-order valence-electron chi connectivity index (χ3n) is 7.33. The Morgan fingerprint density at radius 2 is 1.18 bits per heavy atom. The molecule has 0 saturated carbocycles. The molecular formula is C35H27N5. The van der Waals surface area contributed by atoms with E-state index in [1.165, 1.54) is 0 Å². The van der Waals surface area contributed by atoms with Gasteiger partial charge in [0.1, 0.15) is 5.82 Å². The number of nitrogens with zero attached hydrogens (tertiary/aromatic N) is 3. The number of fused-ring (bicyclic) bond motifs is 3. The molecule has 0 saturated heterocycles. The van der Waals surface area contributed by atoms with Crippen molar-refractivity contribution in [2.45, 2.75) is 0 Å². The summed E-state index contributed by atoms with van der Waals surface area (Å²) in [5.74, 6) is 7.40. The number of anilines is 3. The number of hydrazine groups is 1. The first-order valence-corrected chi connectivity index (χ1v) is 13.2.